The Kier molecular flexibility index (Phi) is 2.12. The average molecular weight is 161 g/mol. The number of benzene rings is 1. The van der Waals surface area contributed by atoms with Gasteiger partial charge in [-0.1, -0.05) is 0 Å². The van der Waals surface area contributed by atoms with Crippen molar-refractivity contribution in [1.29, 1.82) is 0 Å². The van der Waals surface area contributed by atoms with Crippen LogP contribution in [0.3, 0.4) is 0 Å². The zero-order chi connectivity index (χ0) is 7.56. The third-order valence-electron chi connectivity index (χ3n) is 1.10. The Morgan fingerprint density at radius 1 is 1.40 bits per heavy atom. The number of hydrogen-bond donors (Lipinski definition) is 1. The predicted octanol–water partition coefficient (Wildman–Crippen LogP) is 2.27. The molecule has 0 aromatic heterocycles. The van der Waals surface area contributed by atoms with Crippen molar-refractivity contribution in [3.63, 3.8) is 0 Å². The summed E-state index contributed by atoms with van der Waals surface area (Å²) in [6.45, 7) is 0. The van der Waals surface area contributed by atoms with Crippen molar-refractivity contribution in [2.45, 2.75) is 5.88 Å². The fourth-order valence-electron chi connectivity index (χ4n) is 0.710. The van der Waals surface area contributed by atoms with E-state index in [0.717, 1.165) is 6.07 Å². The highest BCUT2D eigenvalue weighted by atomic mass is 35.5. The van der Waals surface area contributed by atoms with E-state index in [-0.39, 0.29) is 11.6 Å². The van der Waals surface area contributed by atoms with Crippen LogP contribution in [0.15, 0.2) is 18.2 Å². The number of halogens is 2. The molecule has 0 saturated heterocycles. The van der Waals surface area contributed by atoms with E-state index in [1.165, 1.54) is 12.1 Å². The molecule has 1 rings (SSSR count). The monoisotopic (exact) mass is 160 g/mol. The molecule has 0 aliphatic rings. The fourth-order valence-corrected chi connectivity index (χ4v) is 0.865. The molecule has 1 nitrogen and oxygen atoms in total. The lowest BCUT2D eigenvalue weighted by Gasteiger charge is -1.96. The summed E-state index contributed by atoms with van der Waals surface area (Å²) in [6.07, 6.45) is 0. The molecule has 0 aliphatic heterocycles. The minimum atomic E-state index is -0.462. The van der Waals surface area contributed by atoms with Crippen molar-refractivity contribution in [3.8, 4) is 5.75 Å². The Morgan fingerprint density at radius 2 is 2.10 bits per heavy atom. The second-order valence-electron chi connectivity index (χ2n) is 1.95. The second-order valence-corrected chi connectivity index (χ2v) is 2.22. The molecule has 0 saturated carbocycles. The summed E-state index contributed by atoms with van der Waals surface area (Å²) in [5.41, 5.74) is 0.583. The van der Waals surface area contributed by atoms with Gasteiger partial charge in [0.05, 0.1) is 0 Å². The number of phenols is 1. The minimum Gasteiger partial charge on any atom is -0.508 e. The van der Waals surface area contributed by atoms with Gasteiger partial charge in [-0.05, 0) is 17.7 Å². The highest BCUT2D eigenvalue weighted by Gasteiger charge is 1.96. The van der Waals surface area contributed by atoms with Gasteiger partial charge in [0.2, 0.25) is 0 Å². The Morgan fingerprint density at radius 3 is 2.60 bits per heavy atom. The molecule has 0 amide bonds. The topological polar surface area (TPSA) is 20.2 Å². The zero-order valence-electron chi connectivity index (χ0n) is 5.14. The van der Waals surface area contributed by atoms with Gasteiger partial charge >= 0.3 is 0 Å². The molecule has 0 heterocycles. The number of hydrogen-bond acceptors (Lipinski definition) is 1. The Bertz CT molecular complexity index is 217. The molecule has 0 radical (unpaired) electrons. The first-order valence-electron chi connectivity index (χ1n) is 2.77. The molecule has 0 bridgehead atoms. The molecule has 1 N–H and O–H groups in total. The maximum atomic E-state index is 12.4. The first-order valence-corrected chi connectivity index (χ1v) is 3.30. The van der Waals surface area contributed by atoms with Gasteiger partial charge in [0.1, 0.15) is 11.6 Å². The van der Waals surface area contributed by atoms with Crippen LogP contribution in [0.5, 0.6) is 5.75 Å². The lowest BCUT2D eigenvalue weighted by molar-refractivity contribution is 0.468. The van der Waals surface area contributed by atoms with Crippen molar-refractivity contribution < 1.29 is 9.50 Å². The van der Waals surface area contributed by atoms with Crippen LogP contribution in [-0.2, 0) is 5.88 Å². The third kappa shape index (κ3) is 1.61. The summed E-state index contributed by atoms with van der Waals surface area (Å²) in [6, 6.07) is 3.75. The molecule has 54 valence electrons. The van der Waals surface area contributed by atoms with Gasteiger partial charge in [0.15, 0.2) is 0 Å². The molecular formula is C7H6ClFO. The van der Waals surface area contributed by atoms with Crippen LogP contribution >= 0.6 is 11.6 Å². The van der Waals surface area contributed by atoms with Crippen LogP contribution in [0.1, 0.15) is 5.56 Å². The van der Waals surface area contributed by atoms with Crippen LogP contribution in [-0.4, -0.2) is 5.11 Å². The first kappa shape index (κ1) is 7.35. The van der Waals surface area contributed by atoms with Crippen molar-refractivity contribution in [1.82, 2.24) is 0 Å². The summed E-state index contributed by atoms with van der Waals surface area (Å²) in [5.74, 6) is -0.336. The Hall–Kier alpha value is -0.760. The fraction of sp³-hybridized carbons (Fsp3) is 0.143. The number of rotatable bonds is 1. The van der Waals surface area contributed by atoms with Crippen LogP contribution in [0.25, 0.3) is 0 Å². The van der Waals surface area contributed by atoms with E-state index < -0.39 is 5.82 Å². The maximum absolute atomic E-state index is 12.4. The molecule has 1 aromatic carbocycles. The molecule has 0 unspecified atom stereocenters. The van der Waals surface area contributed by atoms with Gasteiger partial charge in [-0.3, -0.25) is 0 Å². The third-order valence-corrected chi connectivity index (χ3v) is 1.41. The number of alkyl halides is 1. The van der Waals surface area contributed by atoms with Crippen molar-refractivity contribution >= 4 is 11.6 Å². The molecule has 0 aliphatic carbocycles. The number of aromatic hydroxyl groups is 1. The van der Waals surface area contributed by atoms with E-state index in [0.29, 0.717) is 5.56 Å². The first-order chi connectivity index (χ1) is 4.72. The maximum Gasteiger partial charge on any atom is 0.127 e. The quantitative estimate of drug-likeness (QED) is 0.625. The highest BCUT2D eigenvalue weighted by molar-refractivity contribution is 6.17. The standard InChI is InChI=1S/C7H6ClFO/c8-4-5-1-6(9)3-7(10)2-5/h1-3,10H,4H2. The minimum absolute atomic E-state index is 0.0874. The summed E-state index contributed by atoms with van der Waals surface area (Å²) in [7, 11) is 0. The van der Waals surface area contributed by atoms with Crippen molar-refractivity contribution in [2.24, 2.45) is 0 Å². The van der Waals surface area contributed by atoms with Crippen LogP contribution in [0, 0.1) is 5.82 Å². The van der Waals surface area contributed by atoms with Gasteiger partial charge in [0, 0.05) is 11.9 Å². The van der Waals surface area contributed by atoms with Crippen LogP contribution in [0.2, 0.25) is 0 Å². The Balaban J connectivity index is 3.06. The van der Waals surface area contributed by atoms with Gasteiger partial charge in [-0.15, -0.1) is 11.6 Å². The summed E-state index contributed by atoms with van der Waals surface area (Å²) in [4.78, 5) is 0. The van der Waals surface area contributed by atoms with Crippen LogP contribution < -0.4 is 0 Å². The zero-order valence-corrected chi connectivity index (χ0v) is 5.90. The molecule has 1 aromatic rings. The lowest BCUT2D eigenvalue weighted by Crippen LogP contribution is -1.79. The average Bonchev–Trinajstić information content (AvgIpc) is 1.85. The lowest BCUT2D eigenvalue weighted by atomic mass is 10.2. The SMILES string of the molecule is Oc1cc(F)cc(CCl)c1. The van der Waals surface area contributed by atoms with Crippen LogP contribution in [0.4, 0.5) is 4.39 Å². The van der Waals surface area contributed by atoms with Gasteiger partial charge in [0.25, 0.3) is 0 Å². The summed E-state index contributed by atoms with van der Waals surface area (Å²) < 4.78 is 12.4. The molecule has 0 spiro atoms. The smallest absolute Gasteiger partial charge is 0.127 e. The van der Waals surface area contributed by atoms with Gasteiger partial charge < -0.3 is 5.11 Å². The predicted molar refractivity (Wildman–Crippen MR) is 37.6 cm³/mol. The van der Waals surface area contributed by atoms with E-state index >= 15 is 0 Å². The molecule has 3 heteroatoms. The summed E-state index contributed by atoms with van der Waals surface area (Å²) in [5, 5.41) is 8.83. The van der Waals surface area contributed by atoms with Crippen molar-refractivity contribution in [2.75, 3.05) is 0 Å². The van der Waals surface area contributed by atoms with E-state index in [1.807, 2.05) is 0 Å². The van der Waals surface area contributed by atoms with Gasteiger partial charge in [-0.2, -0.15) is 0 Å². The largest absolute Gasteiger partial charge is 0.508 e. The normalized spacial score (nSPS) is 9.80. The summed E-state index contributed by atoms with van der Waals surface area (Å²) >= 11 is 5.39. The van der Waals surface area contributed by atoms with E-state index in [2.05, 4.69) is 0 Å². The highest BCUT2D eigenvalue weighted by Crippen LogP contribution is 2.15. The molecule has 10 heavy (non-hydrogen) atoms. The van der Waals surface area contributed by atoms with E-state index in [4.69, 9.17) is 16.7 Å². The molecular weight excluding hydrogens is 155 g/mol. The Labute approximate surface area is 63.1 Å². The van der Waals surface area contributed by atoms with E-state index in [1.54, 1.807) is 0 Å². The number of phenolic OH excluding ortho intramolecular Hbond substituents is 1. The second kappa shape index (κ2) is 2.88. The van der Waals surface area contributed by atoms with Gasteiger partial charge in [-0.25, -0.2) is 4.39 Å². The van der Waals surface area contributed by atoms with E-state index in [9.17, 15) is 4.39 Å². The van der Waals surface area contributed by atoms with Crippen molar-refractivity contribution in [3.05, 3.63) is 29.6 Å². The molecule has 0 atom stereocenters. The molecule has 0 fully saturated rings.